The van der Waals surface area contributed by atoms with Crippen LogP contribution in [0.2, 0.25) is 5.02 Å². The molecule has 0 aliphatic carbocycles. The summed E-state index contributed by atoms with van der Waals surface area (Å²) in [5.41, 5.74) is 0.775. The minimum Gasteiger partial charge on any atom is -0.354 e. The lowest BCUT2D eigenvalue weighted by molar-refractivity contribution is -0.119. The van der Waals surface area contributed by atoms with Crippen LogP contribution >= 0.6 is 34.7 Å². The van der Waals surface area contributed by atoms with Gasteiger partial charge in [0.1, 0.15) is 11.8 Å². The van der Waals surface area contributed by atoms with Gasteiger partial charge < -0.3 is 14.8 Å². The van der Waals surface area contributed by atoms with Gasteiger partial charge in [0, 0.05) is 26.4 Å². The van der Waals surface area contributed by atoms with E-state index in [1.54, 1.807) is 18.1 Å². The van der Waals surface area contributed by atoms with Gasteiger partial charge in [-0.25, -0.2) is 4.98 Å². The second-order valence-electron chi connectivity index (χ2n) is 5.36. The van der Waals surface area contributed by atoms with Crippen LogP contribution in [0.4, 0.5) is 5.13 Å². The summed E-state index contributed by atoms with van der Waals surface area (Å²) >= 11 is 9.22. The fourth-order valence-corrected chi connectivity index (χ4v) is 4.11. The number of hydrogen-bond acceptors (Lipinski definition) is 7. The van der Waals surface area contributed by atoms with E-state index in [-0.39, 0.29) is 12.5 Å². The van der Waals surface area contributed by atoms with E-state index in [1.165, 1.54) is 11.3 Å². The number of nitrogens with one attached hydrogen (secondary N) is 1. The number of aromatic nitrogens is 4. The number of aryl methyl sites for hydroxylation is 1. The maximum Gasteiger partial charge on any atom is 0.239 e. The molecule has 0 aliphatic heterocycles. The lowest BCUT2D eigenvalue weighted by Crippen LogP contribution is -2.36. The van der Waals surface area contributed by atoms with Gasteiger partial charge >= 0.3 is 0 Å². The number of carbonyl (C=O) groups excluding carboxylic acids is 1. The Morgan fingerprint density at radius 1 is 1.48 bits per heavy atom. The van der Waals surface area contributed by atoms with E-state index < -0.39 is 0 Å². The first-order chi connectivity index (χ1) is 12.0. The SMILES string of the molecule is CN(CC(=O)NCCSc1nncn1C)c1nc2c(Cl)cccc2s1. The molecule has 0 spiro atoms. The molecule has 0 aliphatic rings. The van der Waals surface area contributed by atoms with Gasteiger partial charge in [-0.2, -0.15) is 0 Å². The fourth-order valence-electron chi connectivity index (χ4n) is 2.14. The third kappa shape index (κ3) is 4.42. The molecule has 0 saturated heterocycles. The molecule has 0 radical (unpaired) electrons. The molecule has 1 amide bonds. The smallest absolute Gasteiger partial charge is 0.239 e. The Balaban J connectivity index is 1.48. The van der Waals surface area contributed by atoms with E-state index in [1.807, 2.05) is 41.8 Å². The molecule has 3 rings (SSSR count). The Hall–Kier alpha value is -1.84. The van der Waals surface area contributed by atoms with Crippen molar-refractivity contribution in [1.82, 2.24) is 25.1 Å². The first-order valence-corrected chi connectivity index (χ1v) is 9.72. The first kappa shape index (κ1) is 18.0. The maximum atomic E-state index is 12.1. The number of fused-ring (bicyclic) bond motifs is 1. The predicted octanol–water partition coefficient (Wildman–Crippen LogP) is 2.42. The number of thiazole rings is 1. The second kappa shape index (κ2) is 8.03. The van der Waals surface area contributed by atoms with Crippen molar-refractivity contribution in [2.24, 2.45) is 7.05 Å². The van der Waals surface area contributed by atoms with E-state index in [0.717, 1.165) is 26.3 Å². The number of benzene rings is 1. The molecule has 1 N–H and O–H groups in total. The number of nitrogens with zero attached hydrogens (tertiary/aromatic N) is 5. The van der Waals surface area contributed by atoms with Gasteiger partial charge in [0.2, 0.25) is 5.91 Å². The Morgan fingerprint density at radius 3 is 3.04 bits per heavy atom. The highest BCUT2D eigenvalue weighted by Gasteiger charge is 2.13. The molecule has 7 nitrogen and oxygen atoms in total. The lowest BCUT2D eigenvalue weighted by Gasteiger charge is -2.15. The average Bonchev–Trinajstić information content (AvgIpc) is 3.19. The molecule has 0 bridgehead atoms. The second-order valence-corrected chi connectivity index (χ2v) is 7.84. The molecule has 0 atom stereocenters. The average molecular weight is 397 g/mol. The lowest BCUT2D eigenvalue weighted by atomic mass is 10.3. The predicted molar refractivity (Wildman–Crippen MR) is 103 cm³/mol. The third-order valence-corrected chi connectivity index (χ3v) is 5.87. The topological polar surface area (TPSA) is 75.9 Å². The van der Waals surface area contributed by atoms with Crippen molar-refractivity contribution in [2.75, 3.05) is 30.8 Å². The van der Waals surface area contributed by atoms with Crippen LogP contribution in [-0.2, 0) is 11.8 Å². The van der Waals surface area contributed by atoms with E-state index in [2.05, 4.69) is 20.5 Å². The third-order valence-electron chi connectivity index (χ3n) is 3.39. The molecular formula is C15H17ClN6OS2. The van der Waals surface area contributed by atoms with Gasteiger partial charge in [-0.3, -0.25) is 4.79 Å². The number of carbonyl (C=O) groups is 1. The standard InChI is InChI=1S/C15H17ClN6OS2/c1-21(14-19-13-10(16)4-3-5-11(13)25-14)8-12(23)17-6-7-24-15-20-18-9-22(15)2/h3-5,9H,6-8H2,1-2H3,(H,17,23). The van der Waals surface area contributed by atoms with E-state index in [4.69, 9.17) is 11.6 Å². The van der Waals surface area contributed by atoms with Crippen LogP contribution in [0, 0.1) is 0 Å². The van der Waals surface area contributed by atoms with Crippen LogP contribution in [-0.4, -0.2) is 51.5 Å². The Morgan fingerprint density at radius 2 is 2.32 bits per heavy atom. The minimum atomic E-state index is -0.0496. The number of hydrogen-bond donors (Lipinski definition) is 1. The van der Waals surface area contributed by atoms with Crippen LogP contribution < -0.4 is 10.2 Å². The Kier molecular flexibility index (Phi) is 5.77. The van der Waals surface area contributed by atoms with Crippen molar-refractivity contribution in [3.05, 3.63) is 29.5 Å². The minimum absolute atomic E-state index is 0.0496. The molecular weight excluding hydrogens is 380 g/mol. The number of rotatable bonds is 7. The first-order valence-electron chi connectivity index (χ1n) is 7.54. The maximum absolute atomic E-state index is 12.1. The largest absolute Gasteiger partial charge is 0.354 e. The summed E-state index contributed by atoms with van der Waals surface area (Å²) in [6.45, 7) is 0.807. The number of halogens is 1. The number of amides is 1. The quantitative estimate of drug-likeness (QED) is 0.488. The van der Waals surface area contributed by atoms with Crippen LogP contribution in [0.5, 0.6) is 0 Å². The molecule has 1 aromatic carbocycles. The summed E-state index contributed by atoms with van der Waals surface area (Å²) in [6.07, 6.45) is 1.65. The normalized spacial score (nSPS) is 11.0. The highest BCUT2D eigenvalue weighted by atomic mass is 35.5. The summed E-state index contributed by atoms with van der Waals surface area (Å²) in [5, 5.41) is 12.9. The highest BCUT2D eigenvalue weighted by Crippen LogP contribution is 2.32. The summed E-state index contributed by atoms with van der Waals surface area (Å²) in [6, 6.07) is 5.68. The van der Waals surface area contributed by atoms with Gasteiger partial charge in [0.05, 0.1) is 16.3 Å². The van der Waals surface area contributed by atoms with Crippen molar-refractivity contribution in [1.29, 1.82) is 0 Å². The van der Waals surface area contributed by atoms with Gasteiger partial charge in [0.15, 0.2) is 10.3 Å². The van der Waals surface area contributed by atoms with Gasteiger partial charge in [0.25, 0.3) is 0 Å². The summed E-state index contributed by atoms with van der Waals surface area (Å²) in [4.78, 5) is 18.4. The summed E-state index contributed by atoms with van der Waals surface area (Å²) in [5.74, 6) is 0.685. The van der Waals surface area contributed by atoms with Crippen molar-refractivity contribution >= 4 is 56.0 Å². The zero-order chi connectivity index (χ0) is 17.8. The summed E-state index contributed by atoms with van der Waals surface area (Å²) < 4.78 is 2.85. The van der Waals surface area contributed by atoms with Crippen molar-refractivity contribution < 1.29 is 4.79 Å². The zero-order valence-electron chi connectivity index (χ0n) is 13.8. The van der Waals surface area contributed by atoms with Crippen LogP contribution in [0.1, 0.15) is 0 Å². The molecule has 0 unspecified atom stereocenters. The molecule has 132 valence electrons. The van der Waals surface area contributed by atoms with Crippen molar-refractivity contribution in [3.63, 3.8) is 0 Å². The van der Waals surface area contributed by atoms with Crippen LogP contribution in [0.25, 0.3) is 10.2 Å². The number of thioether (sulfide) groups is 1. The number of likely N-dealkylation sites (N-methyl/N-ethyl adjacent to an activating group) is 1. The van der Waals surface area contributed by atoms with Gasteiger partial charge in [-0.05, 0) is 12.1 Å². The number of para-hydroxylation sites is 1. The molecule has 2 aromatic heterocycles. The van der Waals surface area contributed by atoms with E-state index in [0.29, 0.717) is 11.6 Å². The Labute approximate surface area is 158 Å². The fraction of sp³-hybridized carbons (Fsp3) is 0.333. The van der Waals surface area contributed by atoms with Crippen molar-refractivity contribution in [3.8, 4) is 0 Å². The molecule has 25 heavy (non-hydrogen) atoms. The van der Waals surface area contributed by atoms with Gasteiger partial charge in [-0.15, -0.1) is 10.2 Å². The van der Waals surface area contributed by atoms with Gasteiger partial charge in [-0.1, -0.05) is 40.8 Å². The molecule has 3 aromatic rings. The van der Waals surface area contributed by atoms with E-state index in [9.17, 15) is 4.79 Å². The molecule has 10 heteroatoms. The van der Waals surface area contributed by atoms with Crippen molar-refractivity contribution in [2.45, 2.75) is 5.16 Å². The zero-order valence-corrected chi connectivity index (χ0v) is 16.2. The molecule has 2 heterocycles. The molecule has 0 saturated carbocycles. The highest BCUT2D eigenvalue weighted by molar-refractivity contribution is 7.99. The van der Waals surface area contributed by atoms with Crippen LogP contribution in [0.3, 0.4) is 0 Å². The monoisotopic (exact) mass is 396 g/mol. The van der Waals surface area contributed by atoms with Crippen LogP contribution in [0.15, 0.2) is 29.7 Å². The van der Waals surface area contributed by atoms with E-state index >= 15 is 0 Å². The molecule has 0 fully saturated rings. The number of anilines is 1. The summed E-state index contributed by atoms with van der Waals surface area (Å²) in [7, 11) is 3.74. The Bertz CT molecular complexity index is 880.